The lowest BCUT2D eigenvalue weighted by Crippen LogP contribution is -2.31. The number of aromatic nitrogens is 4. The third kappa shape index (κ3) is 3.64. The first-order valence-electron chi connectivity index (χ1n) is 8.61. The van der Waals surface area contributed by atoms with Crippen LogP contribution in [0, 0.1) is 20.8 Å². The van der Waals surface area contributed by atoms with Crippen LogP contribution in [0.5, 0.6) is 0 Å². The molecule has 3 aromatic heterocycles. The van der Waals surface area contributed by atoms with E-state index in [1.165, 1.54) is 11.1 Å². The minimum absolute atomic E-state index is 0.188. The van der Waals surface area contributed by atoms with Crippen LogP contribution in [0.2, 0.25) is 0 Å². The van der Waals surface area contributed by atoms with Gasteiger partial charge in [0.1, 0.15) is 5.76 Å². The molecular weight excluding hydrogens is 314 g/mol. The molecule has 0 aromatic carbocycles. The van der Waals surface area contributed by atoms with Crippen molar-refractivity contribution < 1.29 is 4.52 Å². The van der Waals surface area contributed by atoms with Gasteiger partial charge in [0.2, 0.25) is 0 Å². The molecule has 6 nitrogen and oxygen atoms in total. The molecule has 2 unspecified atom stereocenters. The Bertz CT molecular complexity index is 817. The van der Waals surface area contributed by atoms with E-state index in [-0.39, 0.29) is 6.04 Å². The van der Waals surface area contributed by atoms with Gasteiger partial charge in [-0.15, -0.1) is 0 Å². The number of hydrogen-bond acceptors (Lipinski definition) is 5. The van der Waals surface area contributed by atoms with Crippen LogP contribution in [0.4, 0.5) is 0 Å². The monoisotopic (exact) mass is 339 g/mol. The second-order valence-electron chi connectivity index (χ2n) is 6.58. The molecule has 2 atom stereocenters. The second-order valence-corrected chi connectivity index (χ2v) is 6.58. The molecule has 132 valence electrons. The Morgan fingerprint density at radius 3 is 2.64 bits per heavy atom. The predicted molar refractivity (Wildman–Crippen MR) is 96.8 cm³/mol. The fourth-order valence-corrected chi connectivity index (χ4v) is 3.23. The summed E-state index contributed by atoms with van der Waals surface area (Å²) in [4.78, 5) is 4.38. The Labute approximate surface area is 148 Å². The number of rotatable bonds is 6. The summed E-state index contributed by atoms with van der Waals surface area (Å²) in [6.07, 6.45) is 4.59. The van der Waals surface area contributed by atoms with Crippen molar-refractivity contribution in [2.75, 3.05) is 0 Å². The Kier molecular flexibility index (Phi) is 4.99. The van der Waals surface area contributed by atoms with Crippen LogP contribution in [0.15, 0.2) is 35.1 Å². The van der Waals surface area contributed by atoms with Gasteiger partial charge in [-0.3, -0.25) is 0 Å². The molecule has 0 fully saturated rings. The average Bonchev–Trinajstić information content (AvgIpc) is 3.13. The van der Waals surface area contributed by atoms with Gasteiger partial charge in [-0.1, -0.05) is 11.2 Å². The van der Waals surface area contributed by atoms with E-state index in [1.54, 1.807) is 6.20 Å². The lowest BCUT2D eigenvalue weighted by molar-refractivity contribution is 0.391. The lowest BCUT2D eigenvalue weighted by Gasteiger charge is -2.20. The first kappa shape index (κ1) is 17.4. The number of aryl methyl sites for hydroxylation is 2. The highest BCUT2D eigenvalue weighted by Crippen LogP contribution is 2.21. The summed E-state index contributed by atoms with van der Waals surface area (Å²) in [7, 11) is 0. The third-order valence-corrected chi connectivity index (χ3v) is 4.61. The molecule has 0 aliphatic carbocycles. The molecule has 0 saturated heterocycles. The lowest BCUT2D eigenvalue weighted by atomic mass is 10.0. The normalized spacial score (nSPS) is 13.8. The Morgan fingerprint density at radius 1 is 1.20 bits per heavy atom. The fraction of sp³-hybridized carbons (Fsp3) is 0.421. The summed E-state index contributed by atoms with van der Waals surface area (Å²) in [5, 5.41) is 12.2. The molecule has 0 spiro atoms. The maximum atomic E-state index is 5.26. The van der Waals surface area contributed by atoms with Gasteiger partial charge in [-0.05, 0) is 53.2 Å². The van der Waals surface area contributed by atoms with Crippen LogP contribution in [-0.2, 0) is 6.42 Å². The molecule has 0 bridgehead atoms. The molecule has 6 heteroatoms. The highest BCUT2D eigenvalue weighted by molar-refractivity contribution is 5.30. The highest BCUT2D eigenvalue weighted by Gasteiger charge is 2.18. The van der Waals surface area contributed by atoms with Crippen molar-refractivity contribution in [1.29, 1.82) is 0 Å². The van der Waals surface area contributed by atoms with Gasteiger partial charge in [0.05, 0.1) is 11.9 Å². The topological polar surface area (TPSA) is 68.8 Å². The van der Waals surface area contributed by atoms with Crippen molar-refractivity contribution in [2.45, 2.75) is 53.1 Å². The minimum Gasteiger partial charge on any atom is -0.361 e. The van der Waals surface area contributed by atoms with Crippen molar-refractivity contribution in [2.24, 2.45) is 0 Å². The quantitative estimate of drug-likeness (QED) is 0.745. The third-order valence-electron chi connectivity index (χ3n) is 4.61. The number of nitrogens with zero attached hydrogens (tertiary/aromatic N) is 4. The van der Waals surface area contributed by atoms with Gasteiger partial charge >= 0.3 is 0 Å². The van der Waals surface area contributed by atoms with E-state index in [4.69, 9.17) is 4.52 Å². The van der Waals surface area contributed by atoms with Crippen molar-refractivity contribution in [1.82, 2.24) is 25.2 Å². The first-order chi connectivity index (χ1) is 12.0. The van der Waals surface area contributed by atoms with E-state index in [1.807, 2.05) is 42.9 Å². The van der Waals surface area contributed by atoms with E-state index in [0.717, 1.165) is 29.4 Å². The van der Waals surface area contributed by atoms with Crippen molar-refractivity contribution in [3.63, 3.8) is 0 Å². The van der Waals surface area contributed by atoms with E-state index >= 15 is 0 Å². The molecule has 0 radical (unpaired) electrons. The van der Waals surface area contributed by atoms with Crippen molar-refractivity contribution in [3.05, 3.63) is 58.9 Å². The maximum absolute atomic E-state index is 5.26. The molecule has 1 N–H and O–H groups in total. The Balaban J connectivity index is 1.71. The Morgan fingerprint density at radius 2 is 2.00 bits per heavy atom. The molecule has 0 saturated carbocycles. The molecule has 0 aliphatic heterocycles. The number of nitrogens with one attached hydrogen (secondary N) is 1. The zero-order valence-corrected chi connectivity index (χ0v) is 15.4. The molecule has 0 amide bonds. The summed E-state index contributed by atoms with van der Waals surface area (Å²) in [5.41, 5.74) is 4.44. The van der Waals surface area contributed by atoms with Crippen molar-refractivity contribution in [3.8, 4) is 5.82 Å². The van der Waals surface area contributed by atoms with E-state index in [0.29, 0.717) is 6.04 Å². The first-order valence-corrected chi connectivity index (χ1v) is 8.61. The Hall–Kier alpha value is -2.47. The molecule has 25 heavy (non-hydrogen) atoms. The summed E-state index contributed by atoms with van der Waals surface area (Å²) in [6.45, 7) is 10.4. The summed E-state index contributed by atoms with van der Waals surface area (Å²) < 4.78 is 7.14. The zero-order valence-electron chi connectivity index (χ0n) is 15.4. The highest BCUT2D eigenvalue weighted by atomic mass is 16.5. The van der Waals surface area contributed by atoms with Gasteiger partial charge in [0.15, 0.2) is 5.82 Å². The van der Waals surface area contributed by atoms with Crippen LogP contribution < -0.4 is 5.32 Å². The number of hydrogen-bond donors (Lipinski definition) is 1. The van der Waals surface area contributed by atoms with Gasteiger partial charge in [0, 0.05) is 35.1 Å². The average molecular weight is 339 g/mol. The fourth-order valence-electron chi connectivity index (χ4n) is 3.23. The predicted octanol–water partition coefficient (Wildman–Crippen LogP) is 3.46. The minimum atomic E-state index is 0.188. The molecule has 0 aliphatic rings. The van der Waals surface area contributed by atoms with Gasteiger partial charge in [-0.25, -0.2) is 9.67 Å². The van der Waals surface area contributed by atoms with Gasteiger partial charge < -0.3 is 9.84 Å². The standard InChI is InChI=1S/C19H25N5O/c1-12(10-17-14(3)23-25-16(17)5)22-13(2)18-11-21-24(15(18)4)19-8-6-7-9-20-19/h6-9,11-13,22H,10H2,1-5H3. The zero-order chi connectivity index (χ0) is 18.0. The van der Waals surface area contributed by atoms with Crippen LogP contribution in [-0.4, -0.2) is 26.0 Å². The molecule has 3 aromatic rings. The molecule has 3 rings (SSSR count). The van der Waals surface area contributed by atoms with Crippen LogP contribution in [0.25, 0.3) is 5.82 Å². The largest absolute Gasteiger partial charge is 0.361 e. The summed E-state index contributed by atoms with van der Waals surface area (Å²) in [5.74, 6) is 1.74. The number of pyridine rings is 1. The SMILES string of the molecule is Cc1noc(C)c1CC(C)NC(C)c1cnn(-c2ccccn2)c1C. The van der Waals surface area contributed by atoms with Crippen LogP contribution >= 0.6 is 0 Å². The second kappa shape index (κ2) is 7.19. The summed E-state index contributed by atoms with van der Waals surface area (Å²) in [6, 6.07) is 6.32. The van der Waals surface area contributed by atoms with Gasteiger partial charge in [-0.2, -0.15) is 5.10 Å². The van der Waals surface area contributed by atoms with E-state index in [9.17, 15) is 0 Å². The van der Waals surface area contributed by atoms with Crippen LogP contribution in [0.1, 0.15) is 48.2 Å². The maximum Gasteiger partial charge on any atom is 0.153 e. The van der Waals surface area contributed by atoms with E-state index < -0.39 is 0 Å². The smallest absolute Gasteiger partial charge is 0.153 e. The van der Waals surface area contributed by atoms with Crippen LogP contribution in [0.3, 0.4) is 0 Å². The molecule has 3 heterocycles. The van der Waals surface area contributed by atoms with E-state index in [2.05, 4.69) is 41.3 Å². The van der Waals surface area contributed by atoms with Crippen molar-refractivity contribution >= 4 is 0 Å². The molecular formula is C19H25N5O. The summed E-state index contributed by atoms with van der Waals surface area (Å²) >= 11 is 0. The van der Waals surface area contributed by atoms with Gasteiger partial charge in [0.25, 0.3) is 0 Å².